The lowest BCUT2D eigenvalue weighted by atomic mass is 10.1. The van der Waals surface area contributed by atoms with Crippen molar-refractivity contribution in [2.24, 2.45) is 0 Å². The Hall–Kier alpha value is -1.03. The standard InChI is InChI=1S/C9H13N3O/c1-2-7(13-5-1)8-6-3-4-10-9(6)12-11-8/h7H,1-5H2,(H2,10,11,12). The van der Waals surface area contributed by atoms with Crippen LogP contribution in [0.15, 0.2) is 0 Å². The van der Waals surface area contributed by atoms with Crippen molar-refractivity contribution in [2.75, 3.05) is 18.5 Å². The maximum atomic E-state index is 5.62. The molecule has 0 amide bonds. The molecule has 1 aromatic rings. The topological polar surface area (TPSA) is 49.9 Å². The van der Waals surface area contributed by atoms with Gasteiger partial charge in [0.05, 0.1) is 11.8 Å². The molecule has 2 aliphatic rings. The van der Waals surface area contributed by atoms with Crippen LogP contribution in [0.1, 0.15) is 30.2 Å². The highest BCUT2D eigenvalue weighted by atomic mass is 16.5. The molecule has 0 spiro atoms. The predicted octanol–water partition coefficient (Wildman–Crippen LogP) is 1.23. The molecule has 4 heteroatoms. The first-order valence-corrected chi connectivity index (χ1v) is 4.88. The summed E-state index contributed by atoms with van der Waals surface area (Å²) in [6.07, 6.45) is 3.66. The second-order valence-electron chi connectivity index (χ2n) is 3.64. The van der Waals surface area contributed by atoms with E-state index in [0.29, 0.717) is 0 Å². The molecule has 0 saturated carbocycles. The lowest BCUT2D eigenvalue weighted by molar-refractivity contribution is 0.108. The summed E-state index contributed by atoms with van der Waals surface area (Å²) in [5.41, 5.74) is 2.55. The third-order valence-corrected chi connectivity index (χ3v) is 2.82. The average Bonchev–Trinajstić information content (AvgIpc) is 2.79. The Morgan fingerprint density at radius 2 is 2.46 bits per heavy atom. The Morgan fingerprint density at radius 3 is 3.31 bits per heavy atom. The lowest BCUT2D eigenvalue weighted by Gasteiger charge is -2.07. The van der Waals surface area contributed by atoms with Gasteiger partial charge in [0.25, 0.3) is 0 Å². The largest absolute Gasteiger partial charge is 0.372 e. The molecular formula is C9H13N3O. The molecule has 1 saturated heterocycles. The van der Waals surface area contributed by atoms with Crippen LogP contribution in [0, 0.1) is 0 Å². The van der Waals surface area contributed by atoms with Crippen molar-refractivity contribution in [3.8, 4) is 0 Å². The highest BCUT2D eigenvalue weighted by Gasteiger charge is 2.26. The number of nitrogens with zero attached hydrogens (tertiary/aromatic N) is 1. The maximum Gasteiger partial charge on any atom is 0.151 e. The van der Waals surface area contributed by atoms with Crippen LogP contribution < -0.4 is 5.32 Å². The van der Waals surface area contributed by atoms with Gasteiger partial charge in [-0.2, -0.15) is 5.10 Å². The van der Waals surface area contributed by atoms with Crippen molar-refractivity contribution in [1.29, 1.82) is 0 Å². The van der Waals surface area contributed by atoms with Crippen LogP contribution in [-0.2, 0) is 11.2 Å². The fourth-order valence-corrected chi connectivity index (χ4v) is 2.16. The van der Waals surface area contributed by atoms with E-state index in [1.54, 1.807) is 0 Å². The molecule has 0 radical (unpaired) electrons. The minimum Gasteiger partial charge on any atom is -0.372 e. The lowest BCUT2D eigenvalue weighted by Crippen LogP contribution is -2.01. The molecule has 2 N–H and O–H groups in total. The number of rotatable bonds is 1. The van der Waals surface area contributed by atoms with Gasteiger partial charge in [-0.05, 0) is 19.3 Å². The third kappa shape index (κ3) is 1.05. The Labute approximate surface area is 76.7 Å². The number of hydrogen-bond acceptors (Lipinski definition) is 3. The van der Waals surface area contributed by atoms with E-state index in [1.165, 1.54) is 17.7 Å². The van der Waals surface area contributed by atoms with Gasteiger partial charge in [-0.15, -0.1) is 0 Å². The van der Waals surface area contributed by atoms with Crippen LogP contribution in [0.25, 0.3) is 0 Å². The van der Waals surface area contributed by atoms with Gasteiger partial charge in [0.15, 0.2) is 5.82 Å². The second-order valence-corrected chi connectivity index (χ2v) is 3.64. The van der Waals surface area contributed by atoms with E-state index >= 15 is 0 Å². The highest BCUT2D eigenvalue weighted by Crippen LogP contribution is 2.33. The molecule has 70 valence electrons. The smallest absolute Gasteiger partial charge is 0.151 e. The van der Waals surface area contributed by atoms with E-state index in [1.807, 2.05) is 0 Å². The minimum atomic E-state index is 0.274. The molecule has 1 aromatic heterocycles. The summed E-state index contributed by atoms with van der Waals surface area (Å²) < 4.78 is 5.62. The summed E-state index contributed by atoms with van der Waals surface area (Å²) >= 11 is 0. The molecule has 1 fully saturated rings. The Kier molecular flexibility index (Phi) is 1.55. The Bertz CT molecular complexity index is 315. The van der Waals surface area contributed by atoms with Crippen LogP contribution >= 0.6 is 0 Å². The highest BCUT2D eigenvalue weighted by molar-refractivity contribution is 5.51. The predicted molar refractivity (Wildman–Crippen MR) is 48.7 cm³/mol. The molecule has 1 atom stereocenters. The first-order valence-electron chi connectivity index (χ1n) is 4.88. The molecule has 0 bridgehead atoms. The fourth-order valence-electron chi connectivity index (χ4n) is 2.16. The van der Waals surface area contributed by atoms with E-state index in [0.717, 1.165) is 31.8 Å². The van der Waals surface area contributed by atoms with Gasteiger partial charge in [-0.1, -0.05) is 0 Å². The molecule has 0 aromatic carbocycles. The Balaban J connectivity index is 1.95. The molecule has 1 unspecified atom stereocenters. The van der Waals surface area contributed by atoms with Crippen LogP contribution in [-0.4, -0.2) is 23.3 Å². The molecule has 3 heterocycles. The number of anilines is 1. The van der Waals surface area contributed by atoms with Gasteiger partial charge in [0.1, 0.15) is 0 Å². The fraction of sp³-hybridized carbons (Fsp3) is 0.667. The quantitative estimate of drug-likeness (QED) is 0.681. The van der Waals surface area contributed by atoms with Gasteiger partial charge in [-0.25, -0.2) is 0 Å². The second kappa shape index (κ2) is 2.73. The van der Waals surface area contributed by atoms with Crippen molar-refractivity contribution in [2.45, 2.75) is 25.4 Å². The molecule has 4 nitrogen and oxygen atoms in total. The zero-order valence-corrected chi connectivity index (χ0v) is 7.47. The van der Waals surface area contributed by atoms with Gasteiger partial charge >= 0.3 is 0 Å². The first kappa shape index (κ1) is 7.38. The number of aromatic nitrogens is 2. The minimum absolute atomic E-state index is 0.274. The molecular weight excluding hydrogens is 166 g/mol. The SMILES string of the molecule is C1COC(c2[nH]nc3c2CCN3)C1. The van der Waals surface area contributed by atoms with E-state index in [-0.39, 0.29) is 6.10 Å². The molecule has 3 rings (SSSR count). The van der Waals surface area contributed by atoms with E-state index in [9.17, 15) is 0 Å². The van der Waals surface area contributed by atoms with Crippen LogP contribution in [0.2, 0.25) is 0 Å². The van der Waals surface area contributed by atoms with Crippen LogP contribution in [0.5, 0.6) is 0 Å². The number of aromatic amines is 1. The molecule has 0 aliphatic carbocycles. The van der Waals surface area contributed by atoms with Crippen molar-refractivity contribution in [1.82, 2.24) is 10.2 Å². The third-order valence-electron chi connectivity index (χ3n) is 2.82. The monoisotopic (exact) mass is 179 g/mol. The zero-order chi connectivity index (χ0) is 8.67. The van der Waals surface area contributed by atoms with Crippen molar-refractivity contribution < 1.29 is 4.74 Å². The van der Waals surface area contributed by atoms with Gasteiger partial charge < -0.3 is 10.1 Å². The zero-order valence-electron chi connectivity index (χ0n) is 7.47. The number of fused-ring (bicyclic) bond motifs is 1. The number of nitrogens with one attached hydrogen (secondary N) is 2. The van der Waals surface area contributed by atoms with E-state index in [4.69, 9.17) is 4.74 Å². The van der Waals surface area contributed by atoms with Crippen molar-refractivity contribution >= 4 is 5.82 Å². The van der Waals surface area contributed by atoms with Crippen LogP contribution in [0.3, 0.4) is 0 Å². The number of H-pyrrole nitrogens is 1. The van der Waals surface area contributed by atoms with Gasteiger partial charge in [0, 0.05) is 18.7 Å². The van der Waals surface area contributed by atoms with Crippen LogP contribution in [0.4, 0.5) is 5.82 Å². The maximum absolute atomic E-state index is 5.62. The Morgan fingerprint density at radius 1 is 1.46 bits per heavy atom. The normalized spacial score (nSPS) is 26.0. The number of ether oxygens (including phenoxy) is 1. The van der Waals surface area contributed by atoms with Crippen molar-refractivity contribution in [3.63, 3.8) is 0 Å². The van der Waals surface area contributed by atoms with Gasteiger partial charge in [-0.3, -0.25) is 5.10 Å². The molecule has 2 aliphatic heterocycles. The summed E-state index contributed by atoms with van der Waals surface area (Å²) in [5, 5.41) is 10.6. The summed E-state index contributed by atoms with van der Waals surface area (Å²) in [5.74, 6) is 1.03. The van der Waals surface area contributed by atoms with Gasteiger partial charge in [0.2, 0.25) is 0 Å². The summed E-state index contributed by atoms with van der Waals surface area (Å²) in [6.45, 7) is 1.91. The summed E-state index contributed by atoms with van der Waals surface area (Å²) in [7, 11) is 0. The molecule has 13 heavy (non-hydrogen) atoms. The van der Waals surface area contributed by atoms with E-state index < -0.39 is 0 Å². The first-order chi connectivity index (χ1) is 6.45. The summed E-state index contributed by atoms with van der Waals surface area (Å²) in [4.78, 5) is 0. The van der Waals surface area contributed by atoms with Crippen molar-refractivity contribution in [3.05, 3.63) is 11.3 Å². The summed E-state index contributed by atoms with van der Waals surface area (Å²) in [6, 6.07) is 0. The van der Waals surface area contributed by atoms with E-state index in [2.05, 4.69) is 15.5 Å². The number of hydrogen-bond donors (Lipinski definition) is 2. The average molecular weight is 179 g/mol.